The van der Waals surface area contributed by atoms with E-state index in [0.717, 1.165) is 6.42 Å². The quantitative estimate of drug-likeness (QED) is 0.552. The molecule has 7 heteroatoms. The fourth-order valence-corrected chi connectivity index (χ4v) is 1.88. The molecule has 0 aliphatic rings. The van der Waals surface area contributed by atoms with Crippen LogP contribution in [0.1, 0.15) is 46.1 Å². The molecule has 0 aliphatic carbocycles. The molecular formula is C18H28N2O5. The molecule has 0 aromatic carbocycles. The number of hydrogen-bond acceptors (Lipinski definition) is 6. The lowest BCUT2D eigenvalue weighted by Crippen LogP contribution is -2.32. The van der Waals surface area contributed by atoms with Gasteiger partial charge in [0.05, 0.1) is 13.7 Å². The number of pyridine rings is 1. The van der Waals surface area contributed by atoms with Crippen molar-refractivity contribution in [3.63, 3.8) is 0 Å². The second kappa shape index (κ2) is 9.88. The molecule has 1 amide bonds. The van der Waals surface area contributed by atoms with E-state index in [1.165, 1.54) is 7.11 Å². The van der Waals surface area contributed by atoms with E-state index in [1.54, 1.807) is 32.9 Å². The monoisotopic (exact) mass is 352 g/mol. The molecule has 1 aromatic rings. The van der Waals surface area contributed by atoms with Crippen LogP contribution in [0.15, 0.2) is 24.3 Å². The molecule has 0 spiro atoms. The molecule has 1 aromatic heterocycles. The molecule has 7 nitrogen and oxygen atoms in total. The highest BCUT2D eigenvalue weighted by molar-refractivity contribution is 5.67. The lowest BCUT2D eigenvalue weighted by molar-refractivity contribution is -0.0173. The van der Waals surface area contributed by atoms with E-state index in [4.69, 9.17) is 14.2 Å². The first kappa shape index (κ1) is 20.8. The van der Waals surface area contributed by atoms with Gasteiger partial charge in [-0.05, 0) is 33.3 Å². The molecule has 1 heterocycles. The number of hydrogen-bond donors (Lipinski definition) is 2. The first-order valence-corrected chi connectivity index (χ1v) is 8.25. The number of nitrogens with zero attached hydrogens (tertiary/aromatic N) is 1. The summed E-state index contributed by atoms with van der Waals surface area (Å²) in [6.07, 6.45) is 3.57. The predicted molar refractivity (Wildman–Crippen MR) is 94.5 cm³/mol. The van der Waals surface area contributed by atoms with Crippen molar-refractivity contribution in [2.24, 2.45) is 0 Å². The van der Waals surface area contributed by atoms with E-state index in [0.29, 0.717) is 17.9 Å². The largest absolute Gasteiger partial charge is 0.481 e. The van der Waals surface area contributed by atoms with E-state index in [2.05, 4.69) is 10.3 Å². The number of alkyl carbamates (subject to hydrolysis) is 1. The van der Waals surface area contributed by atoms with Crippen LogP contribution < -0.4 is 14.8 Å². The zero-order valence-electron chi connectivity index (χ0n) is 15.5. The van der Waals surface area contributed by atoms with Crippen LogP contribution >= 0.6 is 0 Å². The van der Waals surface area contributed by atoms with Crippen LogP contribution in [-0.4, -0.2) is 35.2 Å². The Morgan fingerprint density at radius 3 is 2.68 bits per heavy atom. The first-order chi connectivity index (χ1) is 11.7. The molecule has 0 fully saturated rings. The standard InChI is InChI=1S/C18H28N2O5/c1-6-7-8-9-15(21)24-14-11-10-13(16(20-14)23-5)12-19-17(22)25-18(2,3)4/h7-8,10-11,15,21H,6,9,12H2,1-5H3,(H,19,22)/b8-7-. The van der Waals surface area contributed by atoms with E-state index < -0.39 is 18.0 Å². The SMILES string of the molecule is CC/C=C\CC(O)Oc1ccc(CNC(=O)OC(C)(C)C)c(OC)n1. The molecule has 0 aliphatic heterocycles. The van der Waals surface area contributed by atoms with Crippen molar-refractivity contribution >= 4 is 6.09 Å². The topological polar surface area (TPSA) is 89.9 Å². The molecule has 0 saturated carbocycles. The number of rotatable bonds is 8. The summed E-state index contributed by atoms with van der Waals surface area (Å²) in [6, 6.07) is 3.33. The van der Waals surface area contributed by atoms with Gasteiger partial charge in [-0.2, -0.15) is 4.98 Å². The summed E-state index contributed by atoms with van der Waals surface area (Å²) in [5, 5.41) is 12.5. The summed E-state index contributed by atoms with van der Waals surface area (Å²) in [4.78, 5) is 15.9. The third-order valence-electron chi connectivity index (χ3n) is 2.93. The van der Waals surface area contributed by atoms with Crippen molar-refractivity contribution in [3.05, 3.63) is 29.8 Å². The number of ether oxygens (including phenoxy) is 3. The van der Waals surface area contributed by atoms with Gasteiger partial charge in [-0.3, -0.25) is 0 Å². The van der Waals surface area contributed by atoms with Gasteiger partial charge in [-0.25, -0.2) is 4.79 Å². The normalized spacial score (nSPS) is 12.7. The Morgan fingerprint density at radius 2 is 2.08 bits per heavy atom. The van der Waals surface area contributed by atoms with Crippen molar-refractivity contribution in [1.29, 1.82) is 0 Å². The Balaban J connectivity index is 2.65. The molecule has 0 radical (unpaired) electrons. The number of methoxy groups -OCH3 is 1. The number of aliphatic hydroxyl groups excluding tert-OH is 1. The minimum absolute atomic E-state index is 0.202. The molecule has 140 valence electrons. The smallest absolute Gasteiger partial charge is 0.407 e. The Labute approximate surface area is 149 Å². The van der Waals surface area contributed by atoms with Crippen molar-refractivity contribution in [3.8, 4) is 11.8 Å². The van der Waals surface area contributed by atoms with Crippen LogP contribution in [-0.2, 0) is 11.3 Å². The minimum atomic E-state index is -0.981. The summed E-state index contributed by atoms with van der Waals surface area (Å²) in [7, 11) is 1.48. The summed E-state index contributed by atoms with van der Waals surface area (Å²) >= 11 is 0. The van der Waals surface area contributed by atoms with Crippen LogP contribution in [0.3, 0.4) is 0 Å². The van der Waals surface area contributed by atoms with Gasteiger partial charge in [0, 0.05) is 18.1 Å². The number of aromatic nitrogens is 1. The molecule has 1 unspecified atom stereocenters. The molecule has 2 N–H and O–H groups in total. The van der Waals surface area contributed by atoms with Crippen molar-refractivity contribution < 1.29 is 24.1 Å². The molecule has 25 heavy (non-hydrogen) atoms. The average molecular weight is 352 g/mol. The molecule has 1 rings (SSSR count). The number of carbonyl (C=O) groups excluding carboxylic acids is 1. The van der Waals surface area contributed by atoms with E-state index in [-0.39, 0.29) is 12.4 Å². The zero-order valence-corrected chi connectivity index (χ0v) is 15.5. The van der Waals surface area contributed by atoms with Gasteiger partial charge in [-0.1, -0.05) is 19.1 Å². The highest BCUT2D eigenvalue weighted by Crippen LogP contribution is 2.21. The third-order valence-corrected chi connectivity index (χ3v) is 2.93. The number of carbonyl (C=O) groups is 1. The summed E-state index contributed by atoms with van der Waals surface area (Å²) < 4.78 is 15.8. The van der Waals surface area contributed by atoms with Crippen molar-refractivity contribution in [2.45, 2.75) is 59.0 Å². The Bertz CT molecular complexity index is 581. The molecule has 0 bridgehead atoms. The summed E-state index contributed by atoms with van der Waals surface area (Å²) in [5.74, 6) is 0.556. The highest BCUT2D eigenvalue weighted by atomic mass is 16.6. The first-order valence-electron chi connectivity index (χ1n) is 8.25. The summed E-state index contributed by atoms with van der Waals surface area (Å²) in [5.41, 5.74) is 0.105. The Morgan fingerprint density at radius 1 is 1.36 bits per heavy atom. The second-order valence-corrected chi connectivity index (χ2v) is 6.36. The maximum absolute atomic E-state index is 11.7. The van der Waals surface area contributed by atoms with Gasteiger partial charge in [0.15, 0.2) is 0 Å². The lowest BCUT2D eigenvalue weighted by Gasteiger charge is -2.20. The van der Waals surface area contributed by atoms with Crippen molar-refractivity contribution in [2.75, 3.05) is 7.11 Å². The fraction of sp³-hybridized carbons (Fsp3) is 0.556. The van der Waals surface area contributed by atoms with E-state index >= 15 is 0 Å². The molecule has 0 saturated heterocycles. The molecular weight excluding hydrogens is 324 g/mol. The number of amides is 1. The van der Waals surface area contributed by atoms with Crippen molar-refractivity contribution in [1.82, 2.24) is 10.3 Å². The Hall–Kier alpha value is -2.28. The summed E-state index contributed by atoms with van der Waals surface area (Å²) in [6.45, 7) is 7.60. The zero-order chi connectivity index (χ0) is 18.9. The van der Waals surface area contributed by atoms with Gasteiger partial charge in [0.25, 0.3) is 0 Å². The molecule has 1 atom stereocenters. The fourth-order valence-electron chi connectivity index (χ4n) is 1.88. The van der Waals surface area contributed by atoms with Crippen LogP contribution in [0.25, 0.3) is 0 Å². The van der Waals surface area contributed by atoms with Crippen LogP contribution in [0, 0.1) is 0 Å². The lowest BCUT2D eigenvalue weighted by atomic mass is 10.2. The average Bonchev–Trinajstić information content (AvgIpc) is 2.52. The number of aliphatic hydroxyl groups is 1. The second-order valence-electron chi connectivity index (χ2n) is 6.36. The number of nitrogens with one attached hydrogen (secondary N) is 1. The van der Waals surface area contributed by atoms with Gasteiger partial charge in [0.2, 0.25) is 18.1 Å². The van der Waals surface area contributed by atoms with Crippen LogP contribution in [0.5, 0.6) is 11.8 Å². The third kappa shape index (κ3) is 8.39. The highest BCUT2D eigenvalue weighted by Gasteiger charge is 2.17. The van der Waals surface area contributed by atoms with Gasteiger partial charge < -0.3 is 24.6 Å². The predicted octanol–water partition coefficient (Wildman–Crippen LogP) is 3.17. The van der Waals surface area contributed by atoms with Gasteiger partial charge >= 0.3 is 6.09 Å². The number of allylic oxidation sites excluding steroid dienone is 1. The Kier molecular flexibility index (Phi) is 8.21. The van der Waals surface area contributed by atoms with Gasteiger partial charge in [-0.15, -0.1) is 0 Å². The maximum atomic E-state index is 11.7. The van der Waals surface area contributed by atoms with Gasteiger partial charge in [0.1, 0.15) is 5.60 Å². The minimum Gasteiger partial charge on any atom is -0.481 e. The van der Waals surface area contributed by atoms with Crippen LogP contribution in [0.4, 0.5) is 4.79 Å². The van der Waals surface area contributed by atoms with E-state index in [1.807, 2.05) is 19.1 Å². The maximum Gasteiger partial charge on any atom is 0.407 e. The van der Waals surface area contributed by atoms with E-state index in [9.17, 15) is 9.90 Å². The van der Waals surface area contributed by atoms with Crippen LogP contribution in [0.2, 0.25) is 0 Å².